The fraction of sp³-hybridized carbons (Fsp3) is 0.182. The van der Waals surface area contributed by atoms with E-state index in [-0.39, 0.29) is 10.6 Å². The van der Waals surface area contributed by atoms with Gasteiger partial charge in [0.2, 0.25) is 16.5 Å². The molecule has 7 heteroatoms. The fourth-order valence-corrected chi connectivity index (χ4v) is 1.74. The summed E-state index contributed by atoms with van der Waals surface area (Å²) >= 11 is 11.4. The van der Waals surface area contributed by atoms with Crippen molar-refractivity contribution in [1.29, 1.82) is 0 Å². The normalized spacial score (nSPS) is 10.2. The molecule has 0 atom stereocenters. The standard InChI is InChI=1S/C11H11Cl2N5/c1-18(2)8-5-3-4-7(6-8)14-11-16-9(12)15-10(13)17-11/h3-6H,1-2H3,(H,14,15,16,17). The van der Waals surface area contributed by atoms with E-state index in [2.05, 4.69) is 20.3 Å². The molecule has 0 saturated heterocycles. The minimum atomic E-state index is 0.0567. The van der Waals surface area contributed by atoms with E-state index in [4.69, 9.17) is 23.2 Å². The summed E-state index contributed by atoms with van der Waals surface area (Å²) in [5.41, 5.74) is 1.91. The van der Waals surface area contributed by atoms with Gasteiger partial charge in [0.05, 0.1) is 0 Å². The van der Waals surface area contributed by atoms with Crippen LogP contribution in [0.5, 0.6) is 0 Å². The van der Waals surface area contributed by atoms with Crippen LogP contribution in [0.25, 0.3) is 0 Å². The second-order valence-electron chi connectivity index (χ2n) is 3.77. The van der Waals surface area contributed by atoms with Gasteiger partial charge in [0.1, 0.15) is 0 Å². The smallest absolute Gasteiger partial charge is 0.232 e. The summed E-state index contributed by atoms with van der Waals surface area (Å²) in [4.78, 5) is 13.6. The monoisotopic (exact) mass is 283 g/mol. The zero-order valence-electron chi connectivity index (χ0n) is 9.85. The maximum absolute atomic E-state index is 5.70. The molecule has 0 aliphatic heterocycles. The van der Waals surface area contributed by atoms with Crippen molar-refractivity contribution in [2.45, 2.75) is 0 Å². The van der Waals surface area contributed by atoms with Gasteiger partial charge in [-0.15, -0.1) is 0 Å². The van der Waals surface area contributed by atoms with E-state index in [0.717, 1.165) is 11.4 Å². The maximum atomic E-state index is 5.70. The number of rotatable bonds is 3. The summed E-state index contributed by atoms with van der Waals surface area (Å²) in [6, 6.07) is 7.80. The summed E-state index contributed by atoms with van der Waals surface area (Å²) < 4.78 is 0. The highest BCUT2D eigenvalue weighted by Crippen LogP contribution is 2.20. The highest BCUT2D eigenvalue weighted by Gasteiger charge is 2.04. The Kier molecular flexibility index (Phi) is 3.84. The fourth-order valence-electron chi connectivity index (χ4n) is 1.37. The van der Waals surface area contributed by atoms with Crippen molar-refractivity contribution in [2.75, 3.05) is 24.3 Å². The first-order valence-corrected chi connectivity index (χ1v) is 5.91. The van der Waals surface area contributed by atoms with Gasteiger partial charge >= 0.3 is 0 Å². The molecule has 0 unspecified atom stereocenters. The maximum Gasteiger partial charge on any atom is 0.232 e. The van der Waals surface area contributed by atoms with Crippen LogP contribution in [0.1, 0.15) is 0 Å². The topological polar surface area (TPSA) is 53.9 Å². The van der Waals surface area contributed by atoms with E-state index in [1.54, 1.807) is 0 Å². The molecule has 0 aliphatic carbocycles. The van der Waals surface area contributed by atoms with Gasteiger partial charge in [-0.1, -0.05) is 6.07 Å². The molecule has 2 aromatic rings. The average Bonchev–Trinajstić information content (AvgIpc) is 2.27. The van der Waals surface area contributed by atoms with Crippen LogP contribution < -0.4 is 10.2 Å². The van der Waals surface area contributed by atoms with Crippen LogP contribution in [0.15, 0.2) is 24.3 Å². The summed E-state index contributed by atoms with van der Waals surface area (Å²) in [5, 5.41) is 3.14. The van der Waals surface area contributed by atoms with Gasteiger partial charge in [0, 0.05) is 25.5 Å². The third kappa shape index (κ3) is 3.21. The van der Waals surface area contributed by atoms with E-state index >= 15 is 0 Å². The Hall–Kier alpha value is -1.59. The molecule has 0 saturated carbocycles. The van der Waals surface area contributed by atoms with Crippen molar-refractivity contribution in [1.82, 2.24) is 15.0 Å². The van der Waals surface area contributed by atoms with Crippen molar-refractivity contribution in [3.05, 3.63) is 34.8 Å². The lowest BCUT2D eigenvalue weighted by Crippen LogP contribution is -2.08. The Labute approximate surface area is 115 Å². The van der Waals surface area contributed by atoms with Crippen molar-refractivity contribution in [3.63, 3.8) is 0 Å². The molecule has 0 radical (unpaired) electrons. The molecular weight excluding hydrogens is 273 g/mol. The molecule has 0 bridgehead atoms. The Morgan fingerprint density at radius 2 is 1.72 bits per heavy atom. The summed E-state index contributed by atoms with van der Waals surface area (Å²) in [6.45, 7) is 0. The Bertz CT molecular complexity index is 539. The van der Waals surface area contributed by atoms with Crippen LogP contribution >= 0.6 is 23.2 Å². The molecule has 1 aromatic carbocycles. The largest absolute Gasteiger partial charge is 0.378 e. The molecule has 0 amide bonds. The SMILES string of the molecule is CN(C)c1cccc(Nc2nc(Cl)nc(Cl)n2)c1. The van der Waals surface area contributed by atoms with E-state index in [1.807, 2.05) is 43.3 Å². The first-order valence-electron chi connectivity index (χ1n) is 5.16. The number of benzene rings is 1. The summed E-state index contributed by atoms with van der Waals surface area (Å²) in [5.74, 6) is 0.316. The molecule has 0 spiro atoms. The molecule has 0 fully saturated rings. The highest BCUT2D eigenvalue weighted by molar-refractivity contribution is 6.31. The van der Waals surface area contributed by atoms with Crippen molar-refractivity contribution < 1.29 is 0 Å². The van der Waals surface area contributed by atoms with Gasteiger partial charge in [-0.05, 0) is 41.4 Å². The average molecular weight is 284 g/mol. The lowest BCUT2D eigenvalue weighted by molar-refractivity contribution is 1.05. The predicted octanol–water partition coefficient (Wildman–Crippen LogP) is 2.99. The lowest BCUT2D eigenvalue weighted by Gasteiger charge is -2.13. The molecule has 0 aliphatic rings. The van der Waals surface area contributed by atoms with Gasteiger partial charge in [-0.3, -0.25) is 0 Å². The van der Waals surface area contributed by atoms with E-state index in [9.17, 15) is 0 Å². The molecule has 94 valence electrons. The molecule has 2 rings (SSSR count). The molecule has 1 aromatic heterocycles. The summed E-state index contributed by atoms with van der Waals surface area (Å²) in [6.07, 6.45) is 0. The Morgan fingerprint density at radius 1 is 1.06 bits per heavy atom. The van der Waals surface area contributed by atoms with Gasteiger partial charge < -0.3 is 10.2 Å². The van der Waals surface area contributed by atoms with Crippen molar-refractivity contribution in [3.8, 4) is 0 Å². The molecule has 1 heterocycles. The predicted molar refractivity (Wildman–Crippen MR) is 73.9 cm³/mol. The minimum Gasteiger partial charge on any atom is -0.378 e. The van der Waals surface area contributed by atoms with Gasteiger partial charge in [0.15, 0.2) is 0 Å². The quantitative estimate of drug-likeness (QED) is 0.939. The molecule has 1 N–H and O–H groups in total. The number of nitrogens with one attached hydrogen (secondary N) is 1. The third-order valence-corrected chi connectivity index (χ3v) is 2.54. The van der Waals surface area contributed by atoms with Crippen LogP contribution in [0.4, 0.5) is 17.3 Å². The number of hydrogen-bond donors (Lipinski definition) is 1. The third-order valence-electron chi connectivity index (χ3n) is 2.20. The van der Waals surface area contributed by atoms with Crippen molar-refractivity contribution >= 4 is 40.5 Å². The van der Waals surface area contributed by atoms with Crippen LogP contribution in [0.2, 0.25) is 10.6 Å². The van der Waals surface area contributed by atoms with Crippen LogP contribution in [-0.2, 0) is 0 Å². The Morgan fingerprint density at radius 3 is 2.33 bits per heavy atom. The number of aromatic nitrogens is 3. The van der Waals surface area contributed by atoms with E-state index in [1.165, 1.54) is 0 Å². The van der Waals surface area contributed by atoms with Gasteiger partial charge in [-0.25, -0.2) is 0 Å². The number of anilines is 3. The molecule has 5 nitrogen and oxygen atoms in total. The zero-order valence-corrected chi connectivity index (χ0v) is 11.4. The first kappa shape index (κ1) is 12.9. The minimum absolute atomic E-state index is 0.0567. The molecule has 18 heavy (non-hydrogen) atoms. The Balaban J connectivity index is 2.25. The van der Waals surface area contributed by atoms with Gasteiger partial charge in [-0.2, -0.15) is 15.0 Å². The highest BCUT2D eigenvalue weighted by atomic mass is 35.5. The number of halogens is 2. The van der Waals surface area contributed by atoms with Crippen LogP contribution in [-0.4, -0.2) is 29.0 Å². The lowest BCUT2D eigenvalue weighted by atomic mass is 10.2. The second-order valence-corrected chi connectivity index (χ2v) is 4.44. The number of nitrogens with zero attached hydrogens (tertiary/aromatic N) is 4. The van der Waals surface area contributed by atoms with E-state index in [0.29, 0.717) is 5.95 Å². The molecular formula is C11H11Cl2N5. The van der Waals surface area contributed by atoms with Crippen LogP contribution in [0.3, 0.4) is 0 Å². The summed E-state index contributed by atoms with van der Waals surface area (Å²) in [7, 11) is 3.94. The van der Waals surface area contributed by atoms with Crippen LogP contribution in [0, 0.1) is 0 Å². The number of hydrogen-bond acceptors (Lipinski definition) is 5. The first-order chi connectivity index (χ1) is 8.54. The van der Waals surface area contributed by atoms with Gasteiger partial charge in [0.25, 0.3) is 0 Å². The second kappa shape index (κ2) is 5.37. The zero-order chi connectivity index (χ0) is 13.1. The van der Waals surface area contributed by atoms with E-state index < -0.39 is 0 Å². The van der Waals surface area contributed by atoms with Crippen molar-refractivity contribution in [2.24, 2.45) is 0 Å².